The van der Waals surface area contributed by atoms with Crippen LogP contribution < -0.4 is 5.73 Å². The normalized spacial score (nSPS) is 15.9. The van der Waals surface area contributed by atoms with E-state index >= 15 is 0 Å². The number of rotatable bonds is 4. The molecule has 2 rings (SSSR count). The molecule has 1 aliphatic heterocycles. The third-order valence-electron chi connectivity index (χ3n) is 3.86. The van der Waals surface area contributed by atoms with Gasteiger partial charge in [-0.1, -0.05) is 30.3 Å². The van der Waals surface area contributed by atoms with Crippen LogP contribution >= 0.6 is 12.4 Å². The summed E-state index contributed by atoms with van der Waals surface area (Å²) in [5, 5.41) is 0. The van der Waals surface area contributed by atoms with Crippen LogP contribution in [0.25, 0.3) is 0 Å². The van der Waals surface area contributed by atoms with Gasteiger partial charge in [-0.3, -0.25) is 4.90 Å². The van der Waals surface area contributed by atoms with E-state index in [1.165, 1.54) is 0 Å². The second-order valence-corrected chi connectivity index (χ2v) is 6.88. The molecule has 1 aromatic rings. The summed E-state index contributed by atoms with van der Waals surface area (Å²) in [6, 6.07) is 10.2. The molecule has 130 valence electrons. The minimum atomic E-state index is -0.184. The van der Waals surface area contributed by atoms with E-state index in [9.17, 15) is 4.79 Å². The highest BCUT2D eigenvalue weighted by atomic mass is 35.5. The zero-order chi connectivity index (χ0) is 16.2. The average Bonchev–Trinajstić information content (AvgIpc) is 2.46. The van der Waals surface area contributed by atoms with Crippen LogP contribution in [0.3, 0.4) is 0 Å². The molecule has 0 spiro atoms. The fraction of sp³-hybridized carbons (Fsp3) is 0.588. The predicted octanol–water partition coefficient (Wildman–Crippen LogP) is 2.02. The second-order valence-electron chi connectivity index (χ2n) is 6.88. The van der Waals surface area contributed by atoms with Gasteiger partial charge in [0.05, 0.1) is 0 Å². The maximum absolute atomic E-state index is 12.5. The van der Waals surface area contributed by atoms with Gasteiger partial charge in [-0.15, -0.1) is 12.4 Å². The number of carbonyl (C=O) groups is 1. The standard InChI is InChI=1S/C17H28N4O.ClH/c1-17(2,18)14-20-9-11-21(12-10-20)16(22)19(3)13-15-7-5-4-6-8-15;/h4-8H,9-14,18H2,1-3H3;1H. The van der Waals surface area contributed by atoms with Crippen molar-refractivity contribution < 1.29 is 4.79 Å². The van der Waals surface area contributed by atoms with Gasteiger partial charge in [-0.25, -0.2) is 4.79 Å². The van der Waals surface area contributed by atoms with Crippen molar-refractivity contribution in [2.24, 2.45) is 5.73 Å². The predicted molar refractivity (Wildman–Crippen MR) is 96.8 cm³/mol. The van der Waals surface area contributed by atoms with E-state index in [4.69, 9.17) is 5.73 Å². The van der Waals surface area contributed by atoms with Crippen LogP contribution in [0, 0.1) is 0 Å². The lowest BCUT2D eigenvalue weighted by atomic mass is 10.1. The van der Waals surface area contributed by atoms with Crippen LogP contribution in [0.5, 0.6) is 0 Å². The van der Waals surface area contributed by atoms with Crippen LogP contribution in [0.2, 0.25) is 0 Å². The summed E-state index contributed by atoms with van der Waals surface area (Å²) in [5.74, 6) is 0. The third kappa shape index (κ3) is 6.37. The van der Waals surface area contributed by atoms with Crippen molar-refractivity contribution in [2.75, 3.05) is 39.8 Å². The van der Waals surface area contributed by atoms with Crippen LogP contribution in [0.1, 0.15) is 19.4 Å². The summed E-state index contributed by atoms with van der Waals surface area (Å²) in [6.45, 7) is 8.93. The fourth-order valence-corrected chi connectivity index (χ4v) is 2.84. The Morgan fingerprint density at radius 3 is 2.26 bits per heavy atom. The maximum Gasteiger partial charge on any atom is 0.320 e. The van der Waals surface area contributed by atoms with Crippen molar-refractivity contribution in [3.63, 3.8) is 0 Å². The van der Waals surface area contributed by atoms with Gasteiger partial charge in [0.2, 0.25) is 0 Å². The molecule has 5 nitrogen and oxygen atoms in total. The van der Waals surface area contributed by atoms with Crippen molar-refractivity contribution in [3.05, 3.63) is 35.9 Å². The SMILES string of the molecule is CN(Cc1ccccc1)C(=O)N1CCN(CC(C)(C)N)CC1.Cl. The van der Waals surface area contributed by atoms with E-state index in [1.54, 1.807) is 4.90 Å². The lowest BCUT2D eigenvalue weighted by molar-refractivity contribution is 0.108. The van der Waals surface area contributed by atoms with Crippen molar-refractivity contribution in [1.29, 1.82) is 0 Å². The summed E-state index contributed by atoms with van der Waals surface area (Å²) in [5.41, 5.74) is 7.03. The first-order valence-electron chi connectivity index (χ1n) is 7.90. The maximum atomic E-state index is 12.5. The van der Waals surface area contributed by atoms with Crippen LogP contribution in [0.15, 0.2) is 30.3 Å². The number of halogens is 1. The Balaban J connectivity index is 0.00000264. The Morgan fingerprint density at radius 1 is 1.17 bits per heavy atom. The minimum Gasteiger partial charge on any atom is -0.324 e. The van der Waals surface area contributed by atoms with Crippen LogP contribution in [-0.4, -0.2) is 66.0 Å². The first kappa shape index (κ1) is 19.7. The quantitative estimate of drug-likeness (QED) is 0.912. The molecule has 0 aliphatic carbocycles. The van der Waals surface area contributed by atoms with Crippen LogP contribution in [0.4, 0.5) is 4.79 Å². The van der Waals surface area contributed by atoms with Gasteiger partial charge in [0, 0.05) is 51.9 Å². The highest BCUT2D eigenvalue weighted by Crippen LogP contribution is 2.10. The lowest BCUT2D eigenvalue weighted by Gasteiger charge is -2.39. The number of nitrogens with two attached hydrogens (primary N) is 1. The van der Waals surface area contributed by atoms with Gasteiger partial charge in [0.15, 0.2) is 0 Å². The molecule has 0 radical (unpaired) electrons. The summed E-state index contributed by atoms with van der Waals surface area (Å²) >= 11 is 0. The van der Waals surface area contributed by atoms with E-state index in [2.05, 4.69) is 4.90 Å². The van der Waals surface area contributed by atoms with Crippen molar-refractivity contribution in [3.8, 4) is 0 Å². The average molecular weight is 341 g/mol. The highest BCUT2D eigenvalue weighted by Gasteiger charge is 2.25. The molecular formula is C17H29ClN4O. The largest absolute Gasteiger partial charge is 0.324 e. The molecule has 0 aromatic heterocycles. The molecule has 0 unspecified atom stereocenters. The number of benzene rings is 1. The number of carbonyl (C=O) groups excluding carboxylic acids is 1. The first-order chi connectivity index (χ1) is 10.3. The monoisotopic (exact) mass is 340 g/mol. The minimum absolute atomic E-state index is 0. The Kier molecular flexibility index (Phi) is 7.32. The van der Waals surface area contributed by atoms with Crippen LogP contribution in [-0.2, 0) is 6.54 Å². The molecule has 1 saturated heterocycles. The first-order valence-corrected chi connectivity index (χ1v) is 7.90. The summed E-state index contributed by atoms with van der Waals surface area (Å²) in [7, 11) is 1.87. The number of amides is 2. The summed E-state index contributed by atoms with van der Waals surface area (Å²) in [6.07, 6.45) is 0. The van der Waals surface area contributed by atoms with Gasteiger partial charge in [0.25, 0.3) is 0 Å². The number of urea groups is 1. The van der Waals surface area contributed by atoms with E-state index in [0.717, 1.165) is 38.3 Å². The Morgan fingerprint density at radius 2 is 1.74 bits per heavy atom. The number of nitrogens with zero attached hydrogens (tertiary/aromatic N) is 3. The molecule has 1 aliphatic rings. The van der Waals surface area contributed by atoms with E-state index in [-0.39, 0.29) is 24.0 Å². The highest BCUT2D eigenvalue weighted by molar-refractivity contribution is 5.85. The second kappa shape index (κ2) is 8.52. The molecule has 1 aromatic carbocycles. The van der Waals surface area contributed by atoms with Gasteiger partial charge < -0.3 is 15.5 Å². The Labute approximate surface area is 145 Å². The fourth-order valence-electron chi connectivity index (χ4n) is 2.84. The number of hydrogen-bond acceptors (Lipinski definition) is 3. The zero-order valence-corrected chi connectivity index (χ0v) is 15.2. The molecule has 1 fully saturated rings. The molecule has 23 heavy (non-hydrogen) atoms. The molecule has 2 amide bonds. The van der Waals surface area contributed by atoms with Crippen molar-refractivity contribution >= 4 is 18.4 Å². The van der Waals surface area contributed by atoms with Gasteiger partial charge in [0.1, 0.15) is 0 Å². The smallest absolute Gasteiger partial charge is 0.320 e. The molecule has 1 heterocycles. The van der Waals surface area contributed by atoms with Gasteiger partial charge in [-0.2, -0.15) is 0 Å². The molecule has 0 bridgehead atoms. The summed E-state index contributed by atoms with van der Waals surface area (Å²) in [4.78, 5) is 18.6. The molecule has 2 N–H and O–H groups in total. The number of piperazine rings is 1. The number of hydrogen-bond donors (Lipinski definition) is 1. The molecule has 6 heteroatoms. The van der Waals surface area contributed by atoms with E-state index in [0.29, 0.717) is 6.54 Å². The van der Waals surface area contributed by atoms with Crippen molar-refractivity contribution in [2.45, 2.75) is 25.9 Å². The topological polar surface area (TPSA) is 52.8 Å². The summed E-state index contributed by atoms with van der Waals surface area (Å²) < 4.78 is 0. The lowest BCUT2D eigenvalue weighted by Crippen LogP contribution is -2.55. The Hall–Kier alpha value is -1.30. The molecule has 0 atom stereocenters. The third-order valence-corrected chi connectivity index (χ3v) is 3.86. The van der Waals surface area contributed by atoms with E-state index < -0.39 is 0 Å². The van der Waals surface area contributed by atoms with Gasteiger partial charge >= 0.3 is 6.03 Å². The van der Waals surface area contributed by atoms with E-state index in [1.807, 2.05) is 56.1 Å². The zero-order valence-electron chi connectivity index (χ0n) is 14.4. The van der Waals surface area contributed by atoms with Crippen molar-refractivity contribution in [1.82, 2.24) is 14.7 Å². The molecular weight excluding hydrogens is 312 g/mol. The Bertz CT molecular complexity index is 481. The molecule has 0 saturated carbocycles. The van der Waals surface area contributed by atoms with Gasteiger partial charge in [-0.05, 0) is 19.4 Å².